The lowest BCUT2D eigenvalue weighted by Crippen LogP contribution is -2.16. The Kier molecular flexibility index (Phi) is 4.52. The van der Waals surface area contributed by atoms with Crippen molar-refractivity contribution in [3.63, 3.8) is 0 Å². The topological polar surface area (TPSA) is 29.0 Å². The van der Waals surface area contributed by atoms with Gasteiger partial charge in [-0.25, -0.2) is 9.97 Å². The molecule has 0 fully saturated rings. The summed E-state index contributed by atoms with van der Waals surface area (Å²) in [6.45, 7) is 10.3. The van der Waals surface area contributed by atoms with Gasteiger partial charge in [0, 0.05) is 24.2 Å². The molecule has 0 aliphatic rings. The molecule has 4 heteroatoms. The predicted octanol–water partition coefficient (Wildman–Crippen LogP) is 4.95. The minimum atomic E-state index is 0.245. The van der Waals surface area contributed by atoms with E-state index in [0.717, 1.165) is 22.9 Å². The van der Waals surface area contributed by atoms with Crippen molar-refractivity contribution in [2.24, 2.45) is 0 Å². The number of rotatable bonds is 3. The third-order valence-electron chi connectivity index (χ3n) is 3.63. The first-order valence-corrected chi connectivity index (χ1v) is 7.54. The van der Waals surface area contributed by atoms with Crippen LogP contribution in [0.4, 0.5) is 11.5 Å². The molecule has 0 saturated carbocycles. The molecular weight excluding hydrogens is 282 g/mol. The second-order valence-electron chi connectivity index (χ2n) is 5.82. The molecule has 0 N–H and O–H groups in total. The number of hydrogen-bond acceptors (Lipinski definition) is 3. The standard InChI is InChI=1S/C17H22ClN3/c1-10(2)16-19-15(18)13(5)17(20-16)21(6)14-8-7-11(3)9-12(14)4/h7-10H,1-6H3. The van der Waals surface area contributed by atoms with Crippen LogP contribution in [0.3, 0.4) is 0 Å². The van der Waals surface area contributed by atoms with Crippen LogP contribution in [0, 0.1) is 20.8 Å². The van der Waals surface area contributed by atoms with Gasteiger partial charge in [0.25, 0.3) is 0 Å². The van der Waals surface area contributed by atoms with Crippen molar-refractivity contribution in [3.05, 3.63) is 45.9 Å². The van der Waals surface area contributed by atoms with Gasteiger partial charge in [-0.1, -0.05) is 43.1 Å². The second-order valence-corrected chi connectivity index (χ2v) is 6.18. The molecule has 0 amide bonds. The zero-order valence-electron chi connectivity index (χ0n) is 13.5. The molecular formula is C17H22ClN3. The fourth-order valence-electron chi connectivity index (χ4n) is 2.37. The van der Waals surface area contributed by atoms with Gasteiger partial charge in [-0.15, -0.1) is 0 Å². The predicted molar refractivity (Wildman–Crippen MR) is 89.8 cm³/mol. The average molecular weight is 304 g/mol. The zero-order valence-corrected chi connectivity index (χ0v) is 14.3. The molecule has 0 aliphatic heterocycles. The van der Waals surface area contributed by atoms with Gasteiger partial charge in [0.05, 0.1) is 0 Å². The molecule has 21 heavy (non-hydrogen) atoms. The summed E-state index contributed by atoms with van der Waals surface area (Å²) in [4.78, 5) is 11.2. The van der Waals surface area contributed by atoms with Crippen molar-refractivity contribution in [2.75, 3.05) is 11.9 Å². The fraction of sp³-hybridized carbons (Fsp3) is 0.412. The van der Waals surface area contributed by atoms with Crippen molar-refractivity contribution in [1.29, 1.82) is 0 Å². The van der Waals surface area contributed by atoms with E-state index >= 15 is 0 Å². The van der Waals surface area contributed by atoms with Gasteiger partial charge in [-0.2, -0.15) is 0 Å². The van der Waals surface area contributed by atoms with Gasteiger partial charge in [-0.3, -0.25) is 0 Å². The highest BCUT2D eigenvalue weighted by Gasteiger charge is 2.17. The SMILES string of the molecule is Cc1ccc(N(C)c2nc(C(C)C)nc(Cl)c2C)c(C)c1. The van der Waals surface area contributed by atoms with Crippen LogP contribution in [0.15, 0.2) is 18.2 Å². The number of hydrogen-bond donors (Lipinski definition) is 0. The first-order valence-electron chi connectivity index (χ1n) is 7.16. The van der Waals surface area contributed by atoms with Gasteiger partial charge in [0.15, 0.2) is 0 Å². The van der Waals surface area contributed by atoms with Gasteiger partial charge < -0.3 is 4.90 Å². The van der Waals surface area contributed by atoms with E-state index in [9.17, 15) is 0 Å². The van der Waals surface area contributed by atoms with Crippen molar-refractivity contribution >= 4 is 23.1 Å². The Morgan fingerprint density at radius 2 is 1.76 bits per heavy atom. The normalized spacial score (nSPS) is 11.0. The molecule has 0 radical (unpaired) electrons. The summed E-state index contributed by atoms with van der Waals surface area (Å²) >= 11 is 6.28. The first kappa shape index (κ1) is 15.8. The van der Waals surface area contributed by atoms with Crippen LogP contribution in [0.5, 0.6) is 0 Å². The van der Waals surface area contributed by atoms with Crippen molar-refractivity contribution < 1.29 is 0 Å². The van der Waals surface area contributed by atoms with Crippen LogP contribution >= 0.6 is 11.6 Å². The molecule has 1 aromatic heterocycles. The summed E-state index contributed by atoms with van der Waals surface area (Å²) in [6.07, 6.45) is 0. The molecule has 0 unspecified atom stereocenters. The third-order valence-corrected chi connectivity index (χ3v) is 3.99. The van der Waals surface area contributed by atoms with Crippen LogP contribution in [0.2, 0.25) is 5.15 Å². The van der Waals surface area contributed by atoms with E-state index in [0.29, 0.717) is 5.15 Å². The van der Waals surface area contributed by atoms with Crippen LogP contribution in [0.1, 0.15) is 42.3 Å². The third kappa shape index (κ3) is 3.18. The molecule has 0 bridgehead atoms. The largest absolute Gasteiger partial charge is 0.329 e. The van der Waals surface area contributed by atoms with Gasteiger partial charge in [0.1, 0.15) is 16.8 Å². The average Bonchev–Trinajstić information content (AvgIpc) is 2.40. The fourth-order valence-corrected chi connectivity index (χ4v) is 2.55. The van der Waals surface area contributed by atoms with Gasteiger partial charge in [0.2, 0.25) is 0 Å². The number of benzene rings is 1. The molecule has 0 spiro atoms. The van der Waals surface area contributed by atoms with Crippen molar-refractivity contribution in [1.82, 2.24) is 9.97 Å². The van der Waals surface area contributed by atoms with Crippen molar-refractivity contribution in [2.45, 2.75) is 40.5 Å². The molecule has 1 aromatic carbocycles. The number of nitrogens with zero attached hydrogens (tertiary/aromatic N) is 3. The van der Waals surface area contributed by atoms with E-state index < -0.39 is 0 Å². The quantitative estimate of drug-likeness (QED) is 0.751. The first-order chi connectivity index (χ1) is 9.81. The van der Waals surface area contributed by atoms with Crippen LogP contribution in [0.25, 0.3) is 0 Å². The maximum atomic E-state index is 6.28. The highest BCUT2D eigenvalue weighted by molar-refractivity contribution is 6.30. The Morgan fingerprint density at radius 1 is 1.10 bits per heavy atom. The highest BCUT2D eigenvalue weighted by atomic mass is 35.5. The highest BCUT2D eigenvalue weighted by Crippen LogP contribution is 2.31. The van der Waals surface area contributed by atoms with Crippen LogP contribution in [-0.4, -0.2) is 17.0 Å². The Labute approximate surface area is 132 Å². The molecule has 0 saturated heterocycles. The maximum absolute atomic E-state index is 6.28. The summed E-state index contributed by atoms with van der Waals surface area (Å²) in [5.41, 5.74) is 4.51. The zero-order chi connectivity index (χ0) is 15.7. The van der Waals surface area contributed by atoms with E-state index in [1.807, 2.05) is 14.0 Å². The summed E-state index contributed by atoms with van der Waals surface area (Å²) in [5.74, 6) is 1.89. The Bertz CT molecular complexity index is 665. The van der Waals surface area contributed by atoms with E-state index in [2.05, 4.69) is 55.8 Å². The molecule has 3 nitrogen and oxygen atoms in total. The van der Waals surface area contributed by atoms with E-state index in [4.69, 9.17) is 16.6 Å². The maximum Gasteiger partial charge on any atom is 0.140 e. The Morgan fingerprint density at radius 3 is 2.33 bits per heavy atom. The molecule has 2 aromatic rings. The minimum absolute atomic E-state index is 0.245. The summed E-state index contributed by atoms with van der Waals surface area (Å²) in [6, 6.07) is 6.41. The number of aromatic nitrogens is 2. The number of aryl methyl sites for hydroxylation is 2. The number of anilines is 2. The van der Waals surface area contributed by atoms with E-state index in [1.54, 1.807) is 0 Å². The molecule has 0 atom stereocenters. The number of halogens is 1. The minimum Gasteiger partial charge on any atom is -0.329 e. The van der Waals surface area contributed by atoms with Crippen LogP contribution in [-0.2, 0) is 0 Å². The van der Waals surface area contributed by atoms with Crippen molar-refractivity contribution in [3.8, 4) is 0 Å². The Hall–Kier alpha value is -1.61. The molecule has 112 valence electrons. The second kappa shape index (κ2) is 6.02. The molecule has 0 aliphatic carbocycles. The monoisotopic (exact) mass is 303 g/mol. The Balaban J connectivity index is 2.54. The smallest absolute Gasteiger partial charge is 0.140 e. The molecule has 1 heterocycles. The van der Waals surface area contributed by atoms with E-state index in [-0.39, 0.29) is 5.92 Å². The summed E-state index contributed by atoms with van der Waals surface area (Å²) in [5, 5.41) is 0.528. The summed E-state index contributed by atoms with van der Waals surface area (Å²) < 4.78 is 0. The lowest BCUT2D eigenvalue weighted by Gasteiger charge is -2.24. The summed E-state index contributed by atoms with van der Waals surface area (Å²) in [7, 11) is 2.02. The molecule has 2 rings (SSSR count). The lowest BCUT2D eigenvalue weighted by molar-refractivity contribution is 0.769. The van der Waals surface area contributed by atoms with Gasteiger partial charge >= 0.3 is 0 Å². The van der Waals surface area contributed by atoms with E-state index in [1.165, 1.54) is 11.1 Å². The van der Waals surface area contributed by atoms with Crippen LogP contribution < -0.4 is 4.90 Å². The van der Waals surface area contributed by atoms with Gasteiger partial charge in [-0.05, 0) is 32.4 Å². The lowest BCUT2D eigenvalue weighted by atomic mass is 10.1.